The van der Waals surface area contributed by atoms with Crippen LogP contribution in [0.2, 0.25) is 0 Å². The topological polar surface area (TPSA) is 37.3 Å². The van der Waals surface area contributed by atoms with Gasteiger partial charge >= 0.3 is 5.97 Å². The Balaban J connectivity index is 2.52. The van der Waals surface area contributed by atoms with Crippen LogP contribution in [0, 0.1) is 11.6 Å². The summed E-state index contributed by atoms with van der Waals surface area (Å²) in [6.45, 7) is 0. The third kappa shape index (κ3) is 2.71. The van der Waals surface area contributed by atoms with E-state index >= 15 is 0 Å². The number of benzene rings is 2. The highest BCUT2D eigenvalue weighted by Gasteiger charge is 2.10. The molecule has 0 radical (unpaired) electrons. The van der Waals surface area contributed by atoms with Crippen molar-refractivity contribution >= 4 is 5.97 Å². The van der Waals surface area contributed by atoms with Crippen LogP contribution in [-0.4, -0.2) is 11.1 Å². The van der Waals surface area contributed by atoms with Crippen molar-refractivity contribution in [1.82, 2.24) is 0 Å². The number of carboxylic acids is 1. The third-order valence-corrected chi connectivity index (χ3v) is 2.53. The van der Waals surface area contributed by atoms with Crippen LogP contribution in [0.3, 0.4) is 0 Å². The standard InChI is InChI=1S/C14H10F2O2/c15-11-5-10(6-12(16)8-11)13-4-2-1-3-9(13)7-14(17)18/h1-6,8H,7H2,(H,17,18). The Morgan fingerprint density at radius 3 is 2.28 bits per heavy atom. The summed E-state index contributed by atoms with van der Waals surface area (Å²) in [6, 6.07) is 9.82. The summed E-state index contributed by atoms with van der Waals surface area (Å²) in [5.41, 5.74) is 1.39. The average molecular weight is 248 g/mol. The number of carbonyl (C=O) groups is 1. The minimum atomic E-state index is -0.987. The summed E-state index contributed by atoms with van der Waals surface area (Å²) in [5.74, 6) is -2.36. The van der Waals surface area contributed by atoms with Crippen LogP contribution in [0.1, 0.15) is 5.56 Å². The Labute approximate surface area is 103 Å². The molecule has 2 aromatic rings. The van der Waals surface area contributed by atoms with Crippen molar-refractivity contribution in [3.8, 4) is 11.1 Å². The molecule has 0 heterocycles. The molecule has 0 saturated carbocycles. The maximum absolute atomic E-state index is 13.2. The van der Waals surface area contributed by atoms with Crippen molar-refractivity contribution in [2.75, 3.05) is 0 Å². The van der Waals surface area contributed by atoms with Gasteiger partial charge in [0.1, 0.15) is 11.6 Å². The quantitative estimate of drug-likeness (QED) is 0.905. The van der Waals surface area contributed by atoms with Gasteiger partial charge in [0.15, 0.2) is 0 Å². The van der Waals surface area contributed by atoms with Gasteiger partial charge in [-0.3, -0.25) is 4.79 Å². The van der Waals surface area contributed by atoms with Crippen LogP contribution in [0.15, 0.2) is 42.5 Å². The molecule has 0 aliphatic rings. The predicted molar refractivity (Wildman–Crippen MR) is 63.1 cm³/mol. The summed E-state index contributed by atoms with van der Waals surface area (Å²) >= 11 is 0. The Kier molecular flexibility index (Phi) is 3.37. The minimum Gasteiger partial charge on any atom is -0.481 e. The summed E-state index contributed by atoms with van der Waals surface area (Å²) < 4.78 is 26.3. The lowest BCUT2D eigenvalue weighted by molar-refractivity contribution is -0.136. The van der Waals surface area contributed by atoms with Gasteiger partial charge in [-0.15, -0.1) is 0 Å². The molecule has 0 atom stereocenters. The minimum absolute atomic E-state index is 0.186. The maximum Gasteiger partial charge on any atom is 0.307 e. The monoisotopic (exact) mass is 248 g/mol. The zero-order valence-corrected chi connectivity index (χ0v) is 9.36. The first-order valence-electron chi connectivity index (χ1n) is 5.32. The van der Waals surface area contributed by atoms with Crippen molar-refractivity contribution in [2.24, 2.45) is 0 Å². The Morgan fingerprint density at radius 2 is 1.67 bits per heavy atom. The lowest BCUT2D eigenvalue weighted by Gasteiger charge is -2.08. The number of rotatable bonds is 3. The largest absolute Gasteiger partial charge is 0.481 e. The van der Waals surface area contributed by atoms with E-state index in [1.165, 1.54) is 12.1 Å². The highest BCUT2D eigenvalue weighted by molar-refractivity contribution is 5.76. The second kappa shape index (κ2) is 4.96. The van der Waals surface area contributed by atoms with E-state index in [0.29, 0.717) is 16.7 Å². The van der Waals surface area contributed by atoms with Crippen molar-refractivity contribution in [3.63, 3.8) is 0 Å². The zero-order chi connectivity index (χ0) is 13.1. The highest BCUT2D eigenvalue weighted by atomic mass is 19.1. The Morgan fingerprint density at radius 1 is 1.06 bits per heavy atom. The number of hydrogen-bond donors (Lipinski definition) is 1. The number of halogens is 2. The van der Waals surface area contributed by atoms with Crippen molar-refractivity contribution in [2.45, 2.75) is 6.42 Å². The molecule has 0 saturated heterocycles. The van der Waals surface area contributed by atoms with Gasteiger partial charge in [-0.25, -0.2) is 8.78 Å². The van der Waals surface area contributed by atoms with E-state index in [9.17, 15) is 13.6 Å². The fourth-order valence-electron chi connectivity index (χ4n) is 1.83. The molecule has 2 aromatic carbocycles. The SMILES string of the molecule is O=C(O)Cc1ccccc1-c1cc(F)cc(F)c1. The molecule has 0 fully saturated rings. The first kappa shape index (κ1) is 12.2. The summed E-state index contributed by atoms with van der Waals surface area (Å²) in [4.78, 5) is 10.7. The predicted octanol–water partition coefficient (Wildman–Crippen LogP) is 3.26. The van der Waals surface area contributed by atoms with Crippen LogP contribution in [0.4, 0.5) is 8.78 Å². The molecule has 0 bridgehead atoms. The van der Waals surface area contributed by atoms with Crippen LogP contribution < -0.4 is 0 Å². The first-order valence-corrected chi connectivity index (χ1v) is 5.32. The van der Waals surface area contributed by atoms with Gasteiger partial charge in [-0.1, -0.05) is 24.3 Å². The van der Waals surface area contributed by atoms with E-state index in [1.54, 1.807) is 24.3 Å². The van der Waals surface area contributed by atoms with E-state index < -0.39 is 17.6 Å². The molecule has 2 rings (SSSR count). The maximum atomic E-state index is 13.2. The second-order valence-corrected chi connectivity index (χ2v) is 3.89. The van der Waals surface area contributed by atoms with Crippen LogP contribution in [0.25, 0.3) is 11.1 Å². The van der Waals surface area contributed by atoms with E-state index in [0.717, 1.165) is 6.07 Å². The van der Waals surface area contributed by atoms with Crippen LogP contribution in [-0.2, 0) is 11.2 Å². The van der Waals surface area contributed by atoms with Gasteiger partial charge in [-0.05, 0) is 28.8 Å². The average Bonchev–Trinajstić information content (AvgIpc) is 2.27. The normalized spacial score (nSPS) is 10.3. The number of hydrogen-bond acceptors (Lipinski definition) is 1. The Bertz CT molecular complexity index is 574. The zero-order valence-electron chi connectivity index (χ0n) is 9.36. The molecular weight excluding hydrogens is 238 g/mol. The summed E-state index contributed by atoms with van der Waals surface area (Å²) in [5, 5.41) is 8.80. The first-order chi connectivity index (χ1) is 8.56. The molecule has 18 heavy (non-hydrogen) atoms. The van der Waals surface area contributed by atoms with E-state index in [-0.39, 0.29) is 6.42 Å². The molecule has 0 aliphatic heterocycles. The fraction of sp³-hybridized carbons (Fsp3) is 0.0714. The van der Waals surface area contributed by atoms with E-state index in [1.807, 2.05) is 0 Å². The number of aliphatic carboxylic acids is 1. The van der Waals surface area contributed by atoms with E-state index in [4.69, 9.17) is 5.11 Å². The molecule has 0 aliphatic carbocycles. The van der Waals surface area contributed by atoms with Gasteiger partial charge in [0.05, 0.1) is 6.42 Å². The van der Waals surface area contributed by atoms with Crippen LogP contribution in [0.5, 0.6) is 0 Å². The number of carboxylic acid groups (broad SMARTS) is 1. The molecular formula is C14H10F2O2. The molecule has 0 aromatic heterocycles. The second-order valence-electron chi connectivity index (χ2n) is 3.89. The highest BCUT2D eigenvalue weighted by Crippen LogP contribution is 2.25. The van der Waals surface area contributed by atoms with Gasteiger partial charge in [-0.2, -0.15) is 0 Å². The molecule has 92 valence electrons. The lowest BCUT2D eigenvalue weighted by atomic mass is 9.97. The molecule has 0 spiro atoms. The molecule has 0 unspecified atom stereocenters. The molecule has 2 nitrogen and oxygen atoms in total. The molecule has 1 N–H and O–H groups in total. The third-order valence-electron chi connectivity index (χ3n) is 2.53. The van der Waals surface area contributed by atoms with E-state index in [2.05, 4.69) is 0 Å². The molecule has 4 heteroatoms. The van der Waals surface area contributed by atoms with Crippen LogP contribution >= 0.6 is 0 Å². The Hall–Kier alpha value is -2.23. The fourth-order valence-corrected chi connectivity index (χ4v) is 1.83. The smallest absolute Gasteiger partial charge is 0.307 e. The molecule has 0 amide bonds. The van der Waals surface area contributed by atoms with Gasteiger partial charge in [0.25, 0.3) is 0 Å². The van der Waals surface area contributed by atoms with Gasteiger partial charge in [0.2, 0.25) is 0 Å². The van der Waals surface area contributed by atoms with Crippen molar-refractivity contribution in [3.05, 3.63) is 59.7 Å². The van der Waals surface area contributed by atoms with Gasteiger partial charge < -0.3 is 5.11 Å². The summed E-state index contributed by atoms with van der Waals surface area (Å²) in [6.07, 6.45) is -0.186. The summed E-state index contributed by atoms with van der Waals surface area (Å²) in [7, 11) is 0. The van der Waals surface area contributed by atoms with Crippen molar-refractivity contribution < 1.29 is 18.7 Å². The lowest BCUT2D eigenvalue weighted by Crippen LogP contribution is -2.01. The van der Waals surface area contributed by atoms with Crippen molar-refractivity contribution in [1.29, 1.82) is 0 Å². The van der Waals surface area contributed by atoms with Gasteiger partial charge in [0, 0.05) is 6.07 Å².